The Labute approximate surface area is 259 Å². The number of non-ortho nitro benzene ring substituents is 1. The Hall–Kier alpha value is -3.97. The van der Waals surface area contributed by atoms with Crippen LogP contribution < -0.4 is 9.61 Å². The number of likely N-dealkylation sites (tertiary alicyclic amines) is 1. The van der Waals surface area contributed by atoms with E-state index in [1.165, 1.54) is 28.8 Å². The highest BCUT2D eigenvalue weighted by Gasteiger charge is 2.69. The number of nitrogens with one attached hydrogen (secondary N) is 1. The van der Waals surface area contributed by atoms with Crippen molar-refractivity contribution >= 4 is 46.6 Å². The molecule has 2 aliphatic carbocycles. The van der Waals surface area contributed by atoms with Crippen LogP contribution in [0.4, 0.5) is 5.69 Å². The molecule has 7 atom stereocenters. The molecule has 2 aliphatic heterocycles. The topological polar surface area (TPSA) is 160 Å². The minimum absolute atomic E-state index is 0.0743. The second-order valence-electron chi connectivity index (χ2n) is 12.0. The van der Waals surface area contributed by atoms with E-state index >= 15 is 0 Å². The number of nitrogens with zero attached hydrogens (tertiary/aromatic N) is 2. The van der Waals surface area contributed by atoms with Gasteiger partial charge in [-0.25, -0.2) is 0 Å². The number of aliphatic carboxylic acids is 1. The number of H-pyrrole nitrogens is 1. The summed E-state index contributed by atoms with van der Waals surface area (Å²) < 4.78 is 6.32. The van der Waals surface area contributed by atoms with Crippen molar-refractivity contribution in [2.75, 3.05) is 6.54 Å². The third-order valence-electron chi connectivity index (χ3n) is 9.64. The van der Waals surface area contributed by atoms with Gasteiger partial charge in [-0.3, -0.25) is 34.2 Å². The van der Waals surface area contributed by atoms with E-state index in [4.69, 9.17) is 9.84 Å². The van der Waals surface area contributed by atoms with Crippen LogP contribution in [0.15, 0.2) is 52.3 Å². The number of hydrogen-bond donors (Lipinski definition) is 2. The predicted molar refractivity (Wildman–Crippen MR) is 161 cm³/mol. The predicted octanol–water partition coefficient (Wildman–Crippen LogP) is 4.57. The molecule has 2 aromatic carbocycles. The zero-order valence-electron chi connectivity index (χ0n) is 23.6. The smallest absolute Gasteiger partial charge is 0.305 e. The molecule has 2 saturated carbocycles. The number of thioether (sulfide) groups is 1. The maximum Gasteiger partial charge on any atom is 0.305 e. The Morgan fingerprint density at radius 3 is 2.55 bits per heavy atom. The van der Waals surface area contributed by atoms with Crippen molar-refractivity contribution in [2.45, 2.75) is 49.0 Å². The van der Waals surface area contributed by atoms with Gasteiger partial charge in [-0.2, -0.15) is 0 Å². The van der Waals surface area contributed by atoms with Gasteiger partial charge >= 0.3 is 10.8 Å². The molecule has 13 heteroatoms. The zero-order valence-corrected chi connectivity index (χ0v) is 25.3. The second-order valence-corrected chi connectivity index (χ2v) is 14.2. The molecule has 0 spiro atoms. The van der Waals surface area contributed by atoms with Gasteiger partial charge in [0, 0.05) is 46.7 Å². The van der Waals surface area contributed by atoms with E-state index in [0.29, 0.717) is 22.8 Å². The number of rotatable bonds is 9. The number of nitro benzene ring substituents is 1. The first kappa shape index (κ1) is 28.8. The molecular formula is C31H29N3O8S2. The number of amides is 2. The van der Waals surface area contributed by atoms with Gasteiger partial charge < -0.3 is 14.8 Å². The van der Waals surface area contributed by atoms with Crippen molar-refractivity contribution in [3.05, 3.63) is 83.8 Å². The summed E-state index contributed by atoms with van der Waals surface area (Å²) in [7, 11) is 0. The molecule has 2 N–H and O–H groups in total. The van der Waals surface area contributed by atoms with E-state index in [2.05, 4.69) is 4.98 Å². The minimum Gasteiger partial charge on any atom is -0.489 e. The SMILES string of the molecule is Cc1ccc(COc2ccc([N+](=O)[O-])cc2[C@H]2c3sc(=O)[nH]c3SC3C4CC(C5C(=O)N(CCCC(=O)O)C(=O)C45)C32)cc1. The molecule has 6 unspecified atom stereocenters. The van der Waals surface area contributed by atoms with E-state index in [1.807, 2.05) is 31.2 Å². The summed E-state index contributed by atoms with van der Waals surface area (Å²) >= 11 is 2.61. The zero-order chi connectivity index (χ0) is 30.9. The van der Waals surface area contributed by atoms with Crippen molar-refractivity contribution in [2.24, 2.45) is 29.6 Å². The van der Waals surface area contributed by atoms with Gasteiger partial charge in [0.25, 0.3) is 5.69 Å². The van der Waals surface area contributed by atoms with Crippen LogP contribution in [0.5, 0.6) is 5.75 Å². The number of carbonyl (C=O) groups excluding carboxylic acids is 2. The van der Waals surface area contributed by atoms with Gasteiger partial charge in [0.05, 0.1) is 21.8 Å². The Bertz CT molecular complexity index is 1750. The lowest BCUT2D eigenvalue weighted by molar-refractivity contribution is -0.385. The monoisotopic (exact) mass is 635 g/mol. The van der Waals surface area contributed by atoms with Crippen molar-refractivity contribution in [1.82, 2.24) is 9.88 Å². The van der Waals surface area contributed by atoms with E-state index in [-0.39, 0.29) is 71.4 Å². The quantitative estimate of drug-likeness (QED) is 0.195. The summed E-state index contributed by atoms with van der Waals surface area (Å²) in [5.74, 6) is -2.93. The van der Waals surface area contributed by atoms with Gasteiger partial charge in [0.1, 0.15) is 12.4 Å². The maximum atomic E-state index is 13.7. The number of carbonyl (C=O) groups is 3. The highest BCUT2D eigenvalue weighted by atomic mass is 32.2. The molecule has 7 rings (SSSR count). The number of ether oxygens (including phenoxy) is 1. The Kier molecular flexibility index (Phi) is 7.12. The molecule has 3 fully saturated rings. The van der Waals surface area contributed by atoms with E-state index < -0.39 is 28.6 Å². The third-order valence-corrected chi connectivity index (χ3v) is 12.2. The molecule has 44 heavy (non-hydrogen) atoms. The van der Waals surface area contributed by atoms with Gasteiger partial charge in [0.15, 0.2) is 0 Å². The van der Waals surface area contributed by atoms with Crippen LogP contribution in [0.3, 0.4) is 0 Å². The number of carboxylic acids is 1. The first-order chi connectivity index (χ1) is 21.1. The molecule has 4 aliphatic rings. The summed E-state index contributed by atoms with van der Waals surface area (Å²) in [6.45, 7) is 2.31. The Morgan fingerprint density at radius 1 is 1.11 bits per heavy atom. The normalized spacial score (nSPS) is 28.1. The highest BCUT2D eigenvalue weighted by molar-refractivity contribution is 8.00. The molecule has 11 nitrogen and oxygen atoms in total. The third kappa shape index (κ3) is 4.64. The first-order valence-electron chi connectivity index (χ1n) is 14.6. The largest absolute Gasteiger partial charge is 0.489 e. The fourth-order valence-corrected chi connectivity index (χ4v) is 10.8. The van der Waals surface area contributed by atoms with Crippen LogP contribution in [0.2, 0.25) is 0 Å². The molecule has 3 aromatic rings. The lowest BCUT2D eigenvalue weighted by atomic mass is 9.68. The molecule has 0 radical (unpaired) electrons. The van der Waals surface area contributed by atoms with Crippen molar-refractivity contribution in [3.8, 4) is 5.75 Å². The van der Waals surface area contributed by atoms with Gasteiger partial charge in [0.2, 0.25) is 11.8 Å². The molecule has 2 amide bonds. The number of nitro groups is 1. The number of thiazole rings is 1. The average molecular weight is 636 g/mol. The Balaban J connectivity index is 1.28. The van der Waals surface area contributed by atoms with Crippen LogP contribution in [0, 0.1) is 46.6 Å². The van der Waals surface area contributed by atoms with E-state index in [9.17, 15) is 29.3 Å². The number of hydrogen-bond acceptors (Lipinski definition) is 9. The molecule has 2 bridgehead atoms. The van der Waals surface area contributed by atoms with Crippen molar-refractivity contribution < 1.29 is 29.2 Å². The maximum absolute atomic E-state index is 13.7. The fourth-order valence-electron chi connectivity index (χ4n) is 7.90. The second kappa shape index (κ2) is 10.9. The van der Waals surface area contributed by atoms with Crippen LogP contribution in [0.25, 0.3) is 0 Å². The van der Waals surface area contributed by atoms with Gasteiger partial charge in [-0.1, -0.05) is 41.2 Å². The minimum atomic E-state index is -0.980. The van der Waals surface area contributed by atoms with Crippen molar-refractivity contribution in [3.63, 3.8) is 0 Å². The summed E-state index contributed by atoms with van der Waals surface area (Å²) in [6.07, 6.45) is 0.732. The highest BCUT2D eigenvalue weighted by Crippen LogP contribution is 2.69. The lowest BCUT2D eigenvalue weighted by Gasteiger charge is -2.43. The number of aromatic amines is 1. The first-order valence-corrected chi connectivity index (χ1v) is 16.3. The van der Waals surface area contributed by atoms with E-state index in [1.54, 1.807) is 6.07 Å². The number of fused-ring (bicyclic) bond motifs is 9. The molecule has 1 saturated heterocycles. The number of aromatic nitrogens is 1. The van der Waals surface area contributed by atoms with Crippen LogP contribution in [0.1, 0.15) is 46.7 Å². The summed E-state index contributed by atoms with van der Waals surface area (Å²) in [5, 5.41) is 21.6. The van der Waals surface area contributed by atoms with E-state index in [0.717, 1.165) is 27.3 Å². The summed E-state index contributed by atoms with van der Waals surface area (Å²) in [5.41, 5.74) is 2.54. The van der Waals surface area contributed by atoms with Crippen LogP contribution in [-0.2, 0) is 21.0 Å². The number of carboxylic acid groups (broad SMARTS) is 1. The van der Waals surface area contributed by atoms with Crippen molar-refractivity contribution in [1.29, 1.82) is 0 Å². The standard InChI is InChI=1S/C31H29N3O8S2/c1-14-4-6-15(7-5-14)13-42-20-9-8-16(34(40)41)11-17(20)22-23-18-12-19(26(23)43-28-27(22)44-31(39)32-28)25-24(18)29(37)33(30(25)38)10-2-3-21(35)36/h4-9,11,18-19,22-26H,2-3,10,12-13H2,1H3,(H,32,39)(H,35,36)/t18?,19?,22-,23?,24?,25?,26?/m1/s1. The molecule has 1 aromatic heterocycles. The lowest BCUT2D eigenvalue weighted by Crippen LogP contribution is -2.42. The molecule has 228 valence electrons. The van der Waals surface area contributed by atoms with Crippen LogP contribution >= 0.6 is 23.1 Å². The average Bonchev–Trinajstić information content (AvgIpc) is 3.72. The number of benzene rings is 2. The molecule has 3 heterocycles. The summed E-state index contributed by atoms with van der Waals surface area (Å²) in [6, 6.07) is 12.4. The molecular weight excluding hydrogens is 606 g/mol. The summed E-state index contributed by atoms with van der Waals surface area (Å²) in [4.78, 5) is 67.2. The fraction of sp³-hybridized carbons (Fsp3) is 0.419. The Morgan fingerprint density at radius 2 is 1.84 bits per heavy atom. The van der Waals surface area contributed by atoms with Gasteiger partial charge in [-0.15, -0.1) is 11.8 Å². The van der Waals surface area contributed by atoms with Gasteiger partial charge in [-0.05, 0) is 49.1 Å². The number of aryl methyl sites for hydroxylation is 1. The number of imide groups is 1. The van der Waals surface area contributed by atoms with Crippen LogP contribution in [-0.4, -0.2) is 49.5 Å².